The number of nitrogens with zero attached hydrogens (tertiary/aromatic N) is 2. The van der Waals surface area contributed by atoms with Crippen LogP contribution in [0.2, 0.25) is 0 Å². The highest BCUT2D eigenvalue weighted by Crippen LogP contribution is 2.29. The zero-order chi connectivity index (χ0) is 17.0. The number of hydrogen-bond acceptors (Lipinski definition) is 8. The molecule has 1 saturated heterocycles. The standard InChI is InChI=1S/C13H22N4O3S3/c1-8(2)6-14-12-16-17-13(22-12)21-9(3)11(18)15-10-4-5-23(19,20)7-10/h8-10H,4-7H2,1-3H3,(H,14,16)(H,15,18)/t9-,10+/m0/s1. The number of hydrogen-bond donors (Lipinski definition) is 2. The number of thioether (sulfide) groups is 1. The number of sulfone groups is 1. The predicted octanol–water partition coefficient (Wildman–Crippen LogP) is 1.39. The summed E-state index contributed by atoms with van der Waals surface area (Å²) in [4.78, 5) is 12.2. The van der Waals surface area contributed by atoms with E-state index in [2.05, 4.69) is 34.7 Å². The molecule has 1 aromatic rings. The van der Waals surface area contributed by atoms with E-state index in [0.29, 0.717) is 12.3 Å². The van der Waals surface area contributed by atoms with E-state index in [-0.39, 0.29) is 28.7 Å². The van der Waals surface area contributed by atoms with Crippen LogP contribution in [0.3, 0.4) is 0 Å². The highest BCUT2D eigenvalue weighted by molar-refractivity contribution is 8.02. The van der Waals surface area contributed by atoms with Crippen LogP contribution in [0.5, 0.6) is 0 Å². The first-order valence-electron chi connectivity index (χ1n) is 7.50. The van der Waals surface area contributed by atoms with Gasteiger partial charge in [-0.1, -0.05) is 36.9 Å². The fraction of sp³-hybridized carbons (Fsp3) is 0.769. The molecule has 130 valence electrons. The van der Waals surface area contributed by atoms with Gasteiger partial charge in [0.1, 0.15) is 0 Å². The van der Waals surface area contributed by atoms with E-state index in [1.54, 1.807) is 6.92 Å². The maximum Gasteiger partial charge on any atom is 0.233 e. The van der Waals surface area contributed by atoms with Crippen molar-refractivity contribution in [3.05, 3.63) is 0 Å². The number of carbonyl (C=O) groups is 1. The Morgan fingerprint density at radius 1 is 1.39 bits per heavy atom. The Morgan fingerprint density at radius 2 is 2.13 bits per heavy atom. The van der Waals surface area contributed by atoms with Gasteiger partial charge in [-0.15, -0.1) is 10.2 Å². The number of carbonyl (C=O) groups excluding carboxylic acids is 1. The molecule has 23 heavy (non-hydrogen) atoms. The lowest BCUT2D eigenvalue weighted by atomic mass is 10.2. The van der Waals surface area contributed by atoms with Gasteiger partial charge in [-0.25, -0.2) is 8.42 Å². The molecule has 0 aliphatic carbocycles. The third-order valence-electron chi connectivity index (χ3n) is 3.29. The Kier molecular flexibility index (Phi) is 6.26. The lowest BCUT2D eigenvalue weighted by molar-refractivity contribution is -0.120. The van der Waals surface area contributed by atoms with Crippen LogP contribution in [0.1, 0.15) is 27.2 Å². The summed E-state index contributed by atoms with van der Waals surface area (Å²) in [5, 5.41) is 14.5. The molecule has 0 aromatic carbocycles. The van der Waals surface area contributed by atoms with Gasteiger partial charge in [0.25, 0.3) is 0 Å². The van der Waals surface area contributed by atoms with Crippen molar-refractivity contribution >= 4 is 44.0 Å². The molecule has 0 unspecified atom stereocenters. The van der Waals surface area contributed by atoms with E-state index in [4.69, 9.17) is 0 Å². The van der Waals surface area contributed by atoms with Crippen LogP contribution in [0, 0.1) is 5.92 Å². The van der Waals surface area contributed by atoms with Gasteiger partial charge in [-0.3, -0.25) is 4.79 Å². The molecule has 0 spiro atoms. The fourth-order valence-electron chi connectivity index (χ4n) is 2.05. The first-order chi connectivity index (χ1) is 10.7. The Labute approximate surface area is 144 Å². The molecule has 7 nitrogen and oxygen atoms in total. The van der Waals surface area contributed by atoms with Crippen LogP contribution in [0.4, 0.5) is 5.13 Å². The van der Waals surface area contributed by atoms with Crippen LogP contribution in [-0.2, 0) is 14.6 Å². The normalized spacial score (nSPS) is 21.3. The molecular formula is C13H22N4O3S3. The summed E-state index contributed by atoms with van der Waals surface area (Å²) < 4.78 is 23.6. The second-order valence-corrected chi connectivity index (χ2v) is 10.8. The molecule has 1 aliphatic rings. The average Bonchev–Trinajstić information content (AvgIpc) is 3.03. The van der Waals surface area contributed by atoms with E-state index >= 15 is 0 Å². The van der Waals surface area contributed by atoms with Crippen molar-refractivity contribution in [2.75, 3.05) is 23.4 Å². The molecule has 1 fully saturated rings. The van der Waals surface area contributed by atoms with Crippen LogP contribution < -0.4 is 10.6 Å². The Morgan fingerprint density at radius 3 is 2.74 bits per heavy atom. The molecule has 2 rings (SSSR count). The first kappa shape index (κ1) is 18.5. The quantitative estimate of drug-likeness (QED) is 0.691. The van der Waals surface area contributed by atoms with E-state index < -0.39 is 9.84 Å². The first-order valence-corrected chi connectivity index (χ1v) is 11.0. The zero-order valence-corrected chi connectivity index (χ0v) is 15.9. The second-order valence-electron chi connectivity index (χ2n) is 6.02. The third kappa shape index (κ3) is 5.92. The van der Waals surface area contributed by atoms with Crippen molar-refractivity contribution in [1.82, 2.24) is 15.5 Å². The molecule has 1 amide bonds. The molecule has 2 heterocycles. The van der Waals surface area contributed by atoms with E-state index in [1.165, 1.54) is 23.1 Å². The van der Waals surface area contributed by atoms with E-state index in [1.807, 2.05) is 0 Å². The lowest BCUT2D eigenvalue weighted by Crippen LogP contribution is -2.39. The molecule has 1 aliphatic heterocycles. The van der Waals surface area contributed by atoms with Gasteiger partial charge >= 0.3 is 0 Å². The zero-order valence-electron chi connectivity index (χ0n) is 13.4. The average molecular weight is 379 g/mol. The van der Waals surface area contributed by atoms with Crippen LogP contribution in [-0.4, -0.2) is 53.9 Å². The highest BCUT2D eigenvalue weighted by Gasteiger charge is 2.30. The molecule has 0 saturated carbocycles. The summed E-state index contributed by atoms with van der Waals surface area (Å²) in [6.07, 6.45) is 0.494. The highest BCUT2D eigenvalue weighted by atomic mass is 32.2. The minimum atomic E-state index is -2.99. The Hall–Kier alpha value is -0.870. The van der Waals surface area contributed by atoms with Crippen LogP contribution in [0.15, 0.2) is 4.34 Å². The van der Waals surface area contributed by atoms with Gasteiger partial charge in [0.15, 0.2) is 14.2 Å². The van der Waals surface area contributed by atoms with Gasteiger partial charge in [-0.2, -0.15) is 0 Å². The summed E-state index contributed by atoms with van der Waals surface area (Å²) in [5.41, 5.74) is 0. The summed E-state index contributed by atoms with van der Waals surface area (Å²) >= 11 is 2.75. The van der Waals surface area contributed by atoms with Crippen molar-refractivity contribution < 1.29 is 13.2 Å². The lowest BCUT2D eigenvalue weighted by Gasteiger charge is -2.14. The van der Waals surface area contributed by atoms with Crippen LogP contribution >= 0.6 is 23.1 Å². The largest absolute Gasteiger partial charge is 0.360 e. The molecule has 1 aromatic heterocycles. The van der Waals surface area contributed by atoms with Crippen molar-refractivity contribution in [3.63, 3.8) is 0 Å². The summed E-state index contributed by atoms with van der Waals surface area (Å²) in [6.45, 7) is 6.83. The van der Waals surface area contributed by atoms with Gasteiger partial charge in [0.2, 0.25) is 11.0 Å². The monoisotopic (exact) mass is 378 g/mol. The van der Waals surface area contributed by atoms with E-state index in [9.17, 15) is 13.2 Å². The van der Waals surface area contributed by atoms with Crippen molar-refractivity contribution in [2.45, 2.75) is 42.8 Å². The molecule has 2 atom stereocenters. The number of anilines is 1. The molecule has 2 N–H and O–H groups in total. The second kappa shape index (κ2) is 7.80. The van der Waals surface area contributed by atoms with Gasteiger partial charge in [-0.05, 0) is 19.3 Å². The van der Waals surface area contributed by atoms with E-state index in [0.717, 1.165) is 16.0 Å². The van der Waals surface area contributed by atoms with Crippen molar-refractivity contribution in [1.29, 1.82) is 0 Å². The summed E-state index contributed by atoms with van der Waals surface area (Å²) in [6, 6.07) is -0.270. The van der Waals surface area contributed by atoms with Crippen molar-refractivity contribution in [3.8, 4) is 0 Å². The number of nitrogens with one attached hydrogen (secondary N) is 2. The smallest absolute Gasteiger partial charge is 0.233 e. The SMILES string of the molecule is CC(C)CNc1nnc(S[C@@H](C)C(=O)N[C@@H]2CCS(=O)(=O)C2)s1. The maximum atomic E-state index is 12.2. The Bertz CT molecular complexity index is 645. The molecule has 0 radical (unpaired) electrons. The number of aromatic nitrogens is 2. The third-order valence-corrected chi connectivity index (χ3v) is 7.13. The minimum Gasteiger partial charge on any atom is -0.360 e. The van der Waals surface area contributed by atoms with Crippen molar-refractivity contribution in [2.24, 2.45) is 5.92 Å². The Balaban J connectivity index is 1.81. The fourth-order valence-corrected chi connectivity index (χ4v) is 5.64. The van der Waals surface area contributed by atoms with Gasteiger partial charge < -0.3 is 10.6 Å². The molecule has 10 heteroatoms. The number of amides is 1. The summed E-state index contributed by atoms with van der Waals surface area (Å²) in [5.74, 6) is 0.547. The van der Waals surface area contributed by atoms with Gasteiger partial charge in [0.05, 0.1) is 16.8 Å². The van der Waals surface area contributed by atoms with Crippen LogP contribution in [0.25, 0.3) is 0 Å². The predicted molar refractivity (Wildman–Crippen MR) is 93.8 cm³/mol. The molecular weight excluding hydrogens is 356 g/mol. The number of rotatable bonds is 7. The topological polar surface area (TPSA) is 101 Å². The molecule has 0 bridgehead atoms. The van der Waals surface area contributed by atoms with Gasteiger partial charge in [0, 0.05) is 12.6 Å². The summed E-state index contributed by atoms with van der Waals surface area (Å²) in [7, 11) is -2.99. The maximum absolute atomic E-state index is 12.2. The minimum absolute atomic E-state index is 0.0399.